The Morgan fingerprint density at radius 1 is 0.903 bits per heavy atom. The maximum absolute atomic E-state index is 13.0. The number of nitrogens with two attached hydrogens (primary N) is 1. The SMILES string of the molecule is NC(=O)c1cccnc1N1CCN(C(=O)c2cc(C(F)(F)F)cc(C(F)(F)F)c2)CC1. The van der Waals surface area contributed by atoms with E-state index in [1.807, 2.05) is 0 Å². The Hall–Kier alpha value is -3.31. The molecule has 0 unspecified atom stereocenters. The maximum atomic E-state index is 13.0. The van der Waals surface area contributed by atoms with Crippen LogP contribution in [-0.2, 0) is 12.4 Å². The average Bonchev–Trinajstić information content (AvgIpc) is 2.71. The van der Waals surface area contributed by atoms with Gasteiger partial charge in [-0.05, 0) is 30.3 Å². The number of amides is 2. The fraction of sp³-hybridized carbons (Fsp3) is 0.316. The van der Waals surface area contributed by atoms with Gasteiger partial charge in [0.15, 0.2) is 0 Å². The first kappa shape index (κ1) is 22.4. The number of hydrogen-bond acceptors (Lipinski definition) is 4. The highest BCUT2D eigenvalue weighted by Gasteiger charge is 2.38. The molecule has 1 aromatic carbocycles. The Kier molecular flexibility index (Phi) is 5.83. The average molecular weight is 446 g/mol. The molecule has 12 heteroatoms. The van der Waals surface area contributed by atoms with Gasteiger partial charge in [0, 0.05) is 37.9 Å². The summed E-state index contributed by atoms with van der Waals surface area (Å²) in [6.45, 7) is 0.332. The Morgan fingerprint density at radius 2 is 1.45 bits per heavy atom. The number of hydrogen-bond donors (Lipinski definition) is 1. The van der Waals surface area contributed by atoms with E-state index in [0.29, 0.717) is 18.0 Å². The fourth-order valence-electron chi connectivity index (χ4n) is 3.22. The highest BCUT2D eigenvalue weighted by molar-refractivity contribution is 5.98. The van der Waals surface area contributed by atoms with Gasteiger partial charge in [0.1, 0.15) is 5.82 Å². The zero-order valence-corrected chi connectivity index (χ0v) is 15.8. The van der Waals surface area contributed by atoms with Crippen molar-refractivity contribution in [3.63, 3.8) is 0 Å². The molecule has 1 saturated heterocycles. The molecular weight excluding hydrogens is 430 g/mol. The molecule has 6 nitrogen and oxygen atoms in total. The summed E-state index contributed by atoms with van der Waals surface area (Å²) in [5.74, 6) is -1.36. The topological polar surface area (TPSA) is 79.5 Å². The van der Waals surface area contributed by atoms with Crippen molar-refractivity contribution in [2.45, 2.75) is 12.4 Å². The molecule has 166 valence electrons. The van der Waals surface area contributed by atoms with Gasteiger partial charge in [0.2, 0.25) is 0 Å². The smallest absolute Gasteiger partial charge is 0.365 e. The molecule has 31 heavy (non-hydrogen) atoms. The summed E-state index contributed by atoms with van der Waals surface area (Å²) in [5, 5.41) is 0. The summed E-state index contributed by atoms with van der Waals surface area (Å²) < 4.78 is 78.2. The van der Waals surface area contributed by atoms with Gasteiger partial charge in [-0.1, -0.05) is 0 Å². The quantitative estimate of drug-likeness (QED) is 0.735. The van der Waals surface area contributed by atoms with Crippen LogP contribution in [0.25, 0.3) is 0 Å². The number of nitrogens with zero attached hydrogens (tertiary/aromatic N) is 3. The van der Waals surface area contributed by atoms with Gasteiger partial charge in [0.25, 0.3) is 11.8 Å². The zero-order valence-electron chi connectivity index (χ0n) is 15.8. The minimum atomic E-state index is -5.04. The summed E-state index contributed by atoms with van der Waals surface area (Å²) in [6.07, 6.45) is -8.64. The summed E-state index contributed by atoms with van der Waals surface area (Å²) >= 11 is 0. The van der Waals surface area contributed by atoms with E-state index in [0.717, 1.165) is 4.90 Å². The molecular formula is C19H16F6N4O2. The standard InChI is InChI=1S/C19H16F6N4O2/c20-18(21,22)12-8-11(9-13(10-12)19(23,24)25)17(31)29-6-4-28(5-7-29)16-14(15(26)30)2-1-3-27-16/h1-3,8-10H,4-7H2,(H2,26,30). The van der Waals surface area contributed by atoms with Gasteiger partial charge in [-0.25, -0.2) is 4.98 Å². The van der Waals surface area contributed by atoms with Crippen LogP contribution in [-0.4, -0.2) is 47.9 Å². The Morgan fingerprint density at radius 3 is 1.94 bits per heavy atom. The third-order valence-corrected chi connectivity index (χ3v) is 4.75. The van der Waals surface area contributed by atoms with Crippen LogP contribution in [0.4, 0.5) is 32.2 Å². The monoisotopic (exact) mass is 446 g/mol. The van der Waals surface area contributed by atoms with Crippen molar-refractivity contribution in [1.82, 2.24) is 9.88 Å². The normalized spacial score (nSPS) is 15.2. The number of rotatable bonds is 3. The predicted molar refractivity (Wildman–Crippen MR) is 97.3 cm³/mol. The molecule has 1 aromatic heterocycles. The molecule has 0 atom stereocenters. The first-order chi connectivity index (χ1) is 14.4. The molecule has 0 spiro atoms. The van der Waals surface area contributed by atoms with Gasteiger partial charge in [-0.2, -0.15) is 26.3 Å². The number of anilines is 1. The van der Waals surface area contributed by atoms with Crippen molar-refractivity contribution < 1.29 is 35.9 Å². The number of piperazine rings is 1. The molecule has 1 aliphatic rings. The molecule has 0 bridgehead atoms. The summed E-state index contributed by atoms with van der Waals surface area (Å²) in [6, 6.07) is 3.79. The van der Waals surface area contributed by atoms with E-state index in [9.17, 15) is 35.9 Å². The van der Waals surface area contributed by atoms with Crippen molar-refractivity contribution in [2.75, 3.05) is 31.1 Å². The Labute approximate surface area is 172 Å². The summed E-state index contributed by atoms with van der Waals surface area (Å²) in [5.41, 5.74) is 1.67. The molecule has 1 fully saturated rings. The van der Waals surface area contributed by atoms with Gasteiger partial charge >= 0.3 is 12.4 Å². The van der Waals surface area contributed by atoms with Gasteiger partial charge in [0.05, 0.1) is 16.7 Å². The minimum Gasteiger partial charge on any atom is -0.365 e. The van der Waals surface area contributed by atoms with E-state index in [-0.39, 0.29) is 37.8 Å². The first-order valence-electron chi connectivity index (χ1n) is 8.96. The van der Waals surface area contributed by atoms with E-state index in [1.165, 1.54) is 18.3 Å². The molecule has 0 saturated carbocycles. The minimum absolute atomic E-state index is 0.00516. The van der Waals surface area contributed by atoms with Crippen molar-refractivity contribution in [3.8, 4) is 0 Å². The molecule has 2 N–H and O–H groups in total. The Balaban J connectivity index is 1.82. The fourth-order valence-corrected chi connectivity index (χ4v) is 3.22. The van der Waals surface area contributed by atoms with Crippen LogP contribution < -0.4 is 10.6 Å². The van der Waals surface area contributed by atoms with Crippen LogP contribution >= 0.6 is 0 Å². The Bertz CT molecular complexity index is 965. The molecule has 0 radical (unpaired) electrons. The van der Waals surface area contributed by atoms with Crippen LogP contribution in [0.2, 0.25) is 0 Å². The number of pyridine rings is 1. The number of aromatic nitrogens is 1. The lowest BCUT2D eigenvalue weighted by atomic mass is 10.0. The van der Waals surface area contributed by atoms with E-state index >= 15 is 0 Å². The maximum Gasteiger partial charge on any atom is 0.416 e. The third-order valence-electron chi connectivity index (χ3n) is 4.75. The molecule has 2 amide bonds. The molecule has 3 rings (SSSR count). The van der Waals surface area contributed by atoms with Crippen LogP contribution in [0, 0.1) is 0 Å². The number of carbonyl (C=O) groups excluding carboxylic acids is 2. The van der Waals surface area contributed by atoms with Gasteiger partial charge in [-0.3, -0.25) is 9.59 Å². The largest absolute Gasteiger partial charge is 0.416 e. The molecule has 2 aromatic rings. The zero-order chi connectivity index (χ0) is 23.0. The van der Waals surface area contributed by atoms with E-state index in [4.69, 9.17) is 5.73 Å². The third kappa shape index (κ3) is 4.89. The second kappa shape index (κ2) is 8.08. The number of halogens is 6. The highest BCUT2D eigenvalue weighted by atomic mass is 19.4. The van der Waals surface area contributed by atoms with Crippen molar-refractivity contribution in [3.05, 3.63) is 58.8 Å². The van der Waals surface area contributed by atoms with Crippen LogP contribution in [0.1, 0.15) is 31.8 Å². The van der Waals surface area contributed by atoms with Crippen molar-refractivity contribution in [1.29, 1.82) is 0 Å². The lowest BCUT2D eigenvalue weighted by Crippen LogP contribution is -2.49. The van der Waals surface area contributed by atoms with E-state index < -0.39 is 40.9 Å². The predicted octanol–water partition coefficient (Wildman–Crippen LogP) is 3.18. The second-order valence-electron chi connectivity index (χ2n) is 6.81. The van der Waals surface area contributed by atoms with Gasteiger partial charge in [-0.15, -0.1) is 0 Å². The lowest BCUT2D eigenvalue weighted by molar-refractivity contribution is -0.143. The summed E-state index contributed by atoms with van der Waals surface area (Å²) in [7, 11) is 0. The lowest BCUT2D eigenvalue weighted by Gasteiger charge is -2.36. The first-order valence-corrected chi connectivity index (χ1v) is 8.96. The number of alkyl halides is 6. The van der Waals surface area contributed by atoms with E-state index in [2.05, 4.69) is 4.98 Å². The van der Waals surface area contributed by atoms with Crippen molar-refractivity contribution in [2.24, 2.45) is 5.73 Å². The van der Waals surface area contributed by atoms with Crippen molar-refractivity contribution >= 4 is 17.6 Å². The summed E-state index contributed by atoms with van der Waals surface area (Å²) in [4.78, 5) is 31.1. The number of primary amides is 1. The number of carbonyl (C=O) groups is 2. The van der Waals surface area contributed by atoms with E-state index in [1.54, 1.807) is 4.90 Å². The van der Waals surface area contributed by atoms with Gasteiger partial charge < -0.3 is 15.5 Å². The van der Waals surface area contributed by atoms with Crippen LogP contribution in [0.15, 0.2) is 36.5 Å². The highest BCUT2D eigenvalue weighted by Crippen LogP contribution is 2.36. The second-order valence-corrected chi connectivity index (χ2v) is 6.81. The van der Waals surface area contributed by atoms with Crippen LogP contribution in [0.5, 0.6) is 0 Å². The molecule has 0 aliphatic carbocycles. The molecule has 2 heterocycles. The van der Waals surface area contributed by atoms with Crippen LogP contribution in [0.3, 0.4) is 0 Å². The molecule has 1 aliphatic heterocycles. The number of benzene rings is 1.